The molecule has 0 saturated heterocycles. The summed E-state index contributed by atoms with van der Waals surface area (Å²) < 4.78 is 0.607. The summed E-state index contributed by atoms with van der Waals surface area (Å²) in [5.74, 6) is -0.731. The number of carbonyl (C=O) groups is 1. The molecule has 1 aromatic carbocycles. The Hall–Kier alpha value is -1.03. The molecule has 1 saturated carbocycles. The molecule has 1 fully saturated rings. The van der Waals surface area contributed by atoms with Crippen LogP contribution in [-0.2, 0) is 10.2 Å². The number of carboxylic acid groups (broad SMARTS) is 1. The lowest BCUT2D eigenvalue weighted by Gasteiger charge is -2.28. The van der Waals surface area contributed by atoms with E-state index in [9.17, 15) is 15.0 Å². The first kappa shape index (κ1) is 13.4. The van der Waals surface area contributed by atoms with Gasteiger partial charge in [-0.05, 0) is 53.7 Å². The number of hydrogen-bond acceptors (Lipinski definition) is 2. The van der Waals surface area contributed by atoms with Gasteiger partial charge < -0.3 is 10.2 Å². The first-order valence-corrected chi connectivity index (χ1v) is 6.92. The van der Waals surface area contributed by atoms with Crippen molar-refractivity contribution in [1.82, 2.24) is 0 Å². The second-order valence-electron chi connectivity index (χ2n) is 5.14. The minimum Gasteiger partial charge on any atom is -0.506 e. The third-order valence-corrected chi connectivity index (χ3v) is 4.96. The third kappa shape index (κ3) is 1.83. The zero-order chi connectivity index (χ0) is 13.5. The number of hydrogen-bond donors (Lipinski definition) is 2. The van der Waals surface area contributed by atoms with E-state index in [-0.39, 0.29) is 5.75 Å². The Balaban J connectivity index is 2.70. The number of halogens is 1. The van der Waals surface area contributed by atoms with Crippen LogP contribution >= 0.6 is 15.9 Å². The third-order valence-electron chi connectivity index (χ3n) is 3.96. The summed E-state index contributed by atoms with van der Waals surface area (Å²) in [6.45, 7) is 3.76. The van der Waals surface area contributed by atoms with E-state index in [1.807, 2.05) is 19.9 Å². The van der Waals surface area contributed by atoms with Gasteiger partial charge >= 0.3 is 5.97 Å². The number of phenols is 1. The van der Waals surface area contributed by atoms with Crippen LogP contribution in [0.4, 0.5) is 0 Å². The largest absolute Gasteiger partial charge is 0.506 e. The summed E-state index contributed by atoms with van der Waals surface area (Å²) in [5.41, 5.74) is 1.46. The van der Waals surface area contributed by atoms with Gasteiger partial charge in [0, 0.05) is 5.56 Å². The van der Waals surface area contributed by atoms with Gasteiger partial charge in [0.25, 0.3) is 0 Å². The lowest BCUT2D eigenvalue weighted by molar-refractivity contribution is -0.143. The first-order valence-electron chi connectivity index (χ1n) is 6.12. The number of carboxylic acids is 1. The van der Waals surface area contributed by atoms with Crippen molar-refractivity contribution in [2.75, 3.05) is 0 Å². The highest BCUT2D eigenvalue weighted by molar-refractivity contribution is 9.10. The average Bonchev–Trinajstić information content (AvgIpc) is 2.76. The fraction of sp³-hybridized carbons (Fsp3) is 0.500. The van der Waals surface area contributed by atoms with Crippen molar-refractivity contribution in [1.29, 1.82) is 0 Å². The summed E-state index contributed by atoms with van der Waals surface area (Å²) in [4.78, 5) is 11.7. The number of phenolic OH excluding ortho intramolecular Hbond substituents is 1. The Morgan fingerprint density at radius 3 is 2.33 bits per heavy atom. The molecule has 0 bridgehead atoms. The molecule has 2 N–H and O–H groups in total. The van der Waals surface area contributed by atoms with Gasteiger partial charge in [-0.3, -0.25) is 4.79 Å². The zero-order valence-corrected chi connectivity index (χ0v) is 12.2. The van der Waals surface area contributed by atoms with Gasteiger partial charge in [0.15, 0.2) is 0 Å². The summed E-state index contributed by atoms with van der Waals surface area (Å²) in [5, 5.41) is 19.9. The molecule has 1 aliphatic rings. The normalized spacial score (nSPS) is 17.9. The maximum absolute atomic E-state index is 11.7. The average molecular weight is 313 g/mol. The molecule has 98 valence electrons. The van der Waals surface area contributed by atoms with Crippen LogP contribution in [0.3, 0.4) is 0 Å². The van der Waals surface area contributed by atoms with E-state index in [1.165, 1.54) is 0 Å². The monoisotopic (exact) mass is 312 g/mol. The quantitative estimate of drug-likeness (QED) is 0.876. The number of aromatic hydroxyl groups is 1. The van der Waals surface area contributed by atoms with Crippen LogP contribution in [0.15, 0.2) is 10.5 Å². The van der Waals surface area contributed by atoms with E-state index < -0.39 is 11.4 Å². The predicted molar refractivity (Wildman–Crippen MR) is 73.1 cm³/mol. The maximum atomic E-state index is 11.7. The highest BCUT2D eigenvalue weighted by atomic mass is 79.9. The minimum atomic E-state index is -0.912. The molecule has 18 heavy (non-hydrogen) atoms. The van der Waals surface area contributed by atoms with Crippen LogP contribution in [0.5, 0.6) is 5.75 Å². The lowest BCUT2D eigenvalue weighted by atomic mass is 9.76. The van der Waals surface area contributed by atoms with Crippen LogP contribution in [-0.4, -0.2) is 16.2 Å². The van der Waals surface area contributed by atoms with Crippen molar-refractivity contribution >= 4 is 21.9 Å². The zero-order valence-electron chi connectivity index (χ0n) is 10.6. The molecule has 0 atom stereocenters. The summed E-state index contributed by atoms with van der Waals surface area (Å²) >= 11 is 3.34. The first-order chi connectivity index (χ1) is 8.40. The molecule has 1 aliphatic carbocycles. The minimum absolute atomic E-state index is 0.0943. The van der Waals surface area contributed by atoms with E-state index in [0.29, 0.717) is 22.9 Å². The van der Waals surface area contributed by atoms with Crippen LogP contribution in [0, 0.1) is 13.8 Å². The fourth-order valence-electron chi connectivity index (χ4n) is 3.10. The van der Waals surface area contributed by atoms with Crippen molar-refractivity contribution in [3.05, 3.63) is 27.2 Å². The maximum Gasteiger partial charge on any atom is 0.314 e. The van der Waals surface area contributed by atoms with Crippen molar-refractivity contribution in [3.63, 3.8) is 0 Å². The van der Waals surface area contributed by atoms with E-state index in [4.69, 9.17) is 0 Å². The topological polar surface area (TPSA) is 57.5 Å². The highest BCUT2D eigenvalue weighted by Crippen LogP contribution is 2.48. The SMILES string of the molecule is Cc1cc(C)c(C2(C(=O)O)CCCC2)c(O)c1Br. The predicted octanol–water partition coefficient (Wildman–Crippen LogP) is 3.67. The number of rotatable bonds is 2. The van der Waals surface area contributed by atoms with Gasteiger partial charge in [-0.25, -0.2) is 0 Å². The molecule has 0 amide bonds. The Labute approximate surface area is 115 Å². The van der Waals surface area contributed by atoms with E-state index in [2.05, 4.69) is 15.9 Å². The number of aliphatic carboxylic acids is 1. The number of benzene rings is 1. The molecule has 3 nitrogen and oxygen atoms in total. The van der Waals surface area contributed by atoms with Crippen molar-refractivity contribution in [2.24, 2.45) is 0 Å². The highest BCUT2D eigenvalue weighted by Gasteiger charge is 2.46. The van der Waals surface area contributed by atoms with Crippen LogP contribution < -0.4 is 0 Å². The van der Waals surface area contributed by atoms with Crippen LogP contribution in [0.2, 0.25) is 0 Å². The second-order valence-corrected chi connectivity index (χ2v) is 5.94. The standard InChI is InChI=1S/C14H17BrO3/c1-8-7-9(2)11(15)12(16)10(8)14(13(17)18)5-3-4-6-14/h7,16H,3-6H2,1-2H3,(H,17,18). The number of aryl methyl sites for hydroxylation is 2. The lowest BCUT2D eigenvalue weighted by Crippen LogP contribution is -2.33. The molecule has 4 heteroatoms. The Morgan fingerprint density at radius 1 is 1.28 bits per heavy atom. The molecule has 0 aliphatic heterocycles. The molecule has 0 spiro atoms. The second kappa shape index (κ2) is 4.57. The van der Waals surface area contributed by atoms with Gasteiger partial charge in [0.1, 0.15) is 5.75 Å². The summed E-state index contributed by atoms with van der Waals surface area (Å²) in [6, 6.07) is 1.93. The fourth-order valence-corrected chi connectivity index (χ4v) is 3.41. The molecule has 0 aromatic heterocycles. The van der Waals surface area contributed by atoms with Gasteiger partial charge in [0.2, 0.25) is 0 Å². The van der Waals surface area contributed by atoms with Gasteiger partial charge in [-0.15, -0.1) is 0 Å². The Bertz CT molecular complexity index is 502. The Kier molecular flexibility index (Phi) is 3.41. The van der Waals surface area contributed by atoms with Gasteiger partial charge in [-0.1, -0.05) is 18.9 Å². The van der Waals surface area contributed by atoms with Gasteiger partial charge in [0.05, 0.1) is 9.89 Å². The molecule has 0 radical (unpaired) electrons. The summed E-state index contributed by atoms with van der Waals surface area (Å²) in [7, 11) is 0. The van der Waals surface area contributed by atoms with E-state index in [1.54, 1.807) is 0 Å². The van der Waals surface area contributed by atoms with Gasteiger partial charge in [-0.2, -0.15) is 0 Å². The summed E-state index contributed by atoms with van der Waals surface area (Å²) in [6.07, 6.45) is 3.01. The molecule has 2 rings (SSSR count). The molecular weight excluding hydrogens is 296 g/mol. The van der Waals surface area contributed by atoms with Crippen LogP contribution in [0.1, 0.15) is 42.4 Å². The molecule has 1 aromatic rings. The molecule has 0 heterocycles. The van der Waals surface area contributed by atoms with Crippen molar-refractivity contribution in [3.8, 4) is 5.75 Å². The smallest absolute Gasteiger partial charge is 0.314 e. The van der Waals surface area contributed by atoms with Crippen molar-refractivity contribution < 1.29 is 15.0 Å². The molecule has 0 unspecified atom stereocenters. The van der Waals surface area contributed by atoms with Crippen LogP contribution in [0.25, 0.3) is 0 Å². The molecular formula is C14H17BrO3. The Morgan fingerprint density at radius 2 is 1.83 bits per heavy atom. The van der Waals surface area contributed by atoms with E-state index >= 15 is 0 Å². The van der Waals surface area contributed by atoms with E-state index in [0.717, 1.165) is 24.0 Å². The van der Waals surface area contributed by atoms with Crippen molar-refractivity contribution in [2.45, 2.75) is 44.9 Å².